The smallest absolute Gasteiger partial charge is 0.340 e. The minimum absolute atomic E-state index is 0.0111. The van der Waals surface area contributed by atoms with Crippen LogP contribution in [0, 0.1) is 5.82 Å². The van der Waals surface area contributed by atoms with Crippen LogP contribution in [0.5, 0.6) is 0 Å². The molecule has 1 amide bonds. The standard InChI is InChI=1S/C17H15Cl2FN2O3/c1-9(12-4-2-10(18)6-14(12)19)22-16(23)8-25-17(24)13-5-3-11(20)7-15(13)21/h2-7,9H,8,21H2,1H3,(H,22,23)/t9-/m0/s1. The number of rotatable bonds is 5. The Labute approximate surface area is 153 Å². The molecule has 0 fully saturated rings. The van der Waals surface area contributed by atoms with Crippen molar-refractivity contribution < 1.29 is 18.7 Å². The van der Waals surface area contributed by atoms with E-state index in [4.69, 9.17) is 33.7 Å². The molecule has 5 nitrogen and oxygen atoms in total. The first-order valence-electron chi connectivity index (χ1n) is 7.24. The number of hydrogen-bond acceptors (Lipinski definition) is 4. The zero-order chi connectivity index (χ0) is 18.6. The number of nitrogens with two attached hydrogens (primary N) is 1. The topological polar surface area (TPSA) is 81.4 Å². The van der Waals surface area contributed by atoms with Crippen molar-refractivity contribution in [1.82, 2.24) is 5.32 Å². The maximum absolute atomic E-state index is 13.0. The lowest BCUT2D eigenvalue weighted by molar-refractivity contribution is -0.124. The number of ether oxygens (including phenoxy) is 1. The van der Waals surface area contributed by atoms with Gasteiger partial charge in [0.05, 0.1) is 11.6 Å². The van der Waals surface area contributed by atoms with Crippen molar-refractivity contribution in [3.63, 3.8) is 0 Å². The average Bonchev–Trinajstić information content (AvgIpc) is 2.52. The maximum Gasteiger partial charge on any atom is 0.340 e. The summed E-state index contributed by atoms with van der Waals surface area (Å²) in [6.07, 6.45) is 0. The summed E-state index contributed by atoms with van der Waals surface area (Å²) in [5, 5.41) is 3.55. The Morgan fingerprint density at radius 1 is 1.24 bits per heavy atom. The van der Waals surface area contributed by atoms with Crippen LogP contribution < -0.4 is 11.1 Å². The molecule has 2 rings (SSSR count). The van der Waals surface area contributed by atoms with Gasteiger partial charge in [0.1, 0.15) is 5.82 Å². The van der Waals surface area contributed by atoms with Crippen LogP contribution in [0.15, 0.2) is 36.4 Å². The van der Waals surface area contributed by atoms with E-state index in [2.05, 4.69) is 5.32 Å². The van der Waals surface area contributed by atoms with Crippen LogP contribution in [0.4, 0.5) is 10.1 Å². The van der Waals surface area contributed by atoms with Crippen LogP contribution in [0.3, 0.4) is 0 Å². The molecular weight excluding hydrogens is 370 g/mol. The minimum Gasteiger partial charge on any atom is -0.452 e. The van der Waals surface area contributed by atoms with Crippen molar-refractivity contribution >= 4 is 40.8 Å². The van der Waals surface area contributed by atoms with Gasteiger partial charge >= 0.3 is 5.97 Å². The maximum atomic E-state index is 13.0. The molecule has 0 aromatic heterocycles. The van der Waals surface area contributed by atoms with Crippen molar-refractivity contribution in [2.24, 2.45) is 0 Å². The zero-order valence-electron chi connectivity index (χ0n) is 13.2. The van der Waals surface area contributed by atoms with Gasteiger partial charge in [0, 0.05) is 15.7 Å². The van der Waals surface area contributed by atoms with E-state index in [0.717, 1.165) is 12.1 Å². The van der Waals surface area contributed by atoms with Crippen molar-refractivity contribution in [1.29, 1.82) is 0 Å². The van der Waals surface area contributed by atoms with Gasteiger partial charge in [-0.15, -0.1) is 0 Å². The molecule has 0 aliphatic carbocycles. The Balaban J connectivity index is 1.92. The van der Waals surface area contributed by atoms with Crippen molar-refractivity contribution in [3.05, 3.63) is 63.4 Å². The number of nitrogens with one attached hydrogen (secondary N) is 1. The summed E-state index contributed by atoms with van der Waals surface area (Å²) in [6.45, 7) is 1.22. The molecule has 0 saturated heterocycles. The summed E-state index contributed by atoms with van der Waals surface area (Å²) >= 11 is 11.9. The van der Waals surface area contributed by atoms with E-state index in [1.807, 2.05) is 0 Å². The first kappa shape index (κ1) is 19.0. The molecular formula is C17H15Cl2FN2O3. The molecule has 0 aliphatic heterocycles. The van der Waals surface area contributed by atoms with Gasteiger partial charge in [0.15, 0.2) is 6.61 Å². The van der Waals surface area contributed by atoms with E-state index in [1.54, 1.807) is 25.1 Å². The third kappa shape index (κ3) is 5.08. The Hall–Kier alpha value is -2.31. The van der Waals surface area contributed by atoms with Crippen molar-refractivity contribution in [2.45, 2.75) is 13.0 Å². The highest BCUT2D eigenvalue weighted by Crippen LogP contribution is 2.26. The Morgan fingerprint density at radius 3 is 2.60 bits per heavy atom. The van der Waals surface area contributed by atoms with Crippen LogP contribution in [0.2, 0.25) is 10.0 Å². The number of carbonyl (C=O) groups excluding carboxylic acids is 2. The monoisotopic (exact) mass is 384 g/mol. The predicted molar refractivity (Wildman–Crippen MR) is 94.1 cm³/mol. The molecule has 2 aromatic carbocycles. The number of carbonyl (C=O) groups is 2. The van der Waals surface area contributed by atoms with Gasteiger partial charge in [-0.1, -0.05) is 29.3 Å². The lowest BCUT2D eigenvalue weighted by Gasteiger charge is -2.16. The fraction of sp³-hybridized carbons (Fsp3) is 0.176. The van der Waals surface area contributed by atoms with Crippen LogP contribution in [0.25, 0.3) is 0 Å². The molecule has 0 unspecified atom stereocenters. The summed E-state index contributed by atoms with van der Waals surface area (Å²) in [5.41, 5.74) is 6.15. The number of hydrogen-bond donors (Lipinski definition) is 2. The quantitative estimate of drug-likeness (QED) is 0.607. The number of esters is 1. The lowest BCUT2D eigenvalue weighted by Crippen LogP contribution is -2.31. The van der Waals surface area contributed by atoms with Crippen LogP contribution in [-0.2, 0) is 9.53 Å². The fourth-order valence-corrected chi connectivity index (χ4v) is 2.71. The predicted octanol–water partition coefficient (Wildman–Crippen LogP) is 3.75. The summed E-state index contributed by atoms with van der Waals surface area (Å²) in [6, 6.07) is 7.79. The molecule has 3 N–H and O–H groups in total. The molecule has 1 atom stereocenters. The second-order valence-corrected chi connectivity index (χ2v) is 6.11. The molecule has 0 bridgehead atoms. The van der Waals surface area contributed by atoms with Gasteiger partial charge in [-0.2, -0.15) is 0 Å². The molecule has 0 aliphatic rings. The molecule has 25 heavy (non-hydrogen) atoms. The first-order chi connectivity index (χ1) is 11.8. The van der Waals surface area contributed by atoms with Crippen molar-refractivity contribution in [2.75, 3.05) is 12.3 Å². The molecule has 0 radical (unpaired) electrons. The number of benzene rings is 2. The van der Waals surface area contributed by atoms with Gasteiger partial charge in [-0.3, -0.25) is 4.79 Å². The van der Waals surface area contributed by atoms with E-state index in [9.17, 15) is 14.0 Å². The molecule has 0 spiro atoms. The van der Waals surface area contributed by atoms with E-state index >= 15 is 0 Å². The lowest BCUT2D eigenvalue weighted by atomic mass is 10.1. The van der Waals surface area contributed by atoms with Crippen LogP contribution in [-0.4, -0.2) is 18.5 Å². The van der Waals surface area contributed by atoms with Gasteiger partial charge in [-0.25, -0.2) is 9.18 Å². The minimum atomic E-state index is -0.815. The van der Waals surface area contributed by atoms with Crippen molar-refractivity contribution in [3.8, 4) is 0 Å². The Bertz CT molecular complexity index is 814. The molecule has 8 heteroatoms. The highest BCUT2D eigenvalue weighted by Gasteiger charge is 2.16. The largest absolute Gasteiger partial charge is 0.452 e. The normalized spacial score (nSPS) is 11.7. The summed E-state index contributed by atoms with van der Waals surface area (Å²) < 4.78 is 17.9. The fourth-order valence-electron chi connectivity index (χ4n) is 2.14. The second kappa shape index (κ2) is 8.18. The number of anilines is 1. The van der Waals surface area contributed by atoms with Gasteiger partial charge in [-0.05, 0) is 42.8 Å². The van der Waals surface area contributed by atoms with Gasteiger partial charge < -0.3 is 15.8 Å². The zero-order valence-corrected chi connectivity index (χ0v) is 14.7. The molecule has 0 saturated carbocycles. The summed E-state index contributed by atoms with van der Waals surface area (Å²) in [4.78, 5) is 23.8. The van der Waals surface area contributed by atoms with Crippen LogP contribution >= 0.6 is 23.2 Å². The van der Waals surface area contributed by atoms with E-state index in [0.29, 0.717) is 15.6 Å². The van der Waals surface area contributed by atoms with Crippen LogP contribution in [0.1, 0.15) is 28.9 Å². The third-order valence-corrected chi connectivity index (χ3v) is 3.94. The molecule has 0 heterocycles. The number of amides is 1. The van der Waals surface area contributed by atoms with Gasteiger partial charge in [0.25, 0.3) is 5.91 Å². The SMILES string of the molecule is C[C@H](NC(=O)COC(=O)c1ccc(F)cc1N)c1ccc(Cl)cc1Cl. The van der Waals surface area contributed by atoms with Gasteiger partial charge in [0.2, 0.25) is 0 Å². The summed E-state index contributed by atoms with van der Waals surface area (Å²) in [5.74, 6) is -1.90. The second-order valence-electron chi connectivity index (χ2n) is 5.26. The Morgan fingerprint density at radius 2 is 1.96 bits per heavy atom. The Kier molecular flexibility index (Phi) is 6.22. The highest BCUT2D eigenvalue weighted by molar-refractivity contribution is 6.35. The van der Waals surface area contributed by atoms with E-state index < -0.39 is 30.3 Å². The molecule has 2 aromatic rings. The number of halogens is 3. The highest BCUT2D eigenvalue weighted by atomic mass is 35.5. The van der Waals surface area contributed by atoms with E-state index in [1.165, 1.54) is 6.07 Å². The average molecular weight is 385 g/mol. The number of nitrogen functional groups attached to an aromatic ring is 1. The molecule has 132 valence electrons. The summed E-state index contributed by atoms with van der Waals surface area (Å²) in [7, 11) is 0. The van der Waals surface area contributed by atoms with E-state index in [-0.39, 0.29) is 11.3 Å². The first-order valence-corrected chi connectivity index (χ1v) is 8.00. The third-order valence-electron chi connectivity index (χ3n) is 3.37.